The van der Waals surface area contributed by atoms with Gasteiger partial charge in [-0.05, 0) is 31.9 Å². The summed E-state index contributed by atoms with van der Waals surface area (Å²) in [6.45, 7) is 9.62. The quantitative estimate of drug-likeness (QED) is 0.693. The predicted octanol–water partition coefficient (Wildman–Crippen LogP) is 3.16. The highest BCUT2D eigenvalue weighted by Gasteiger charge is 2.24. The molecule has 8 heteroatoms. The Morgan fingerprint density at radius 3 is 2.50 bits per heavy atom. The van der Waals surface area contributed by atoms with Gasteiger partial charge in [0.2, 0.25) is 0 Å². The molecule has 1 aliphatic heterocycles. The van der Waals surface area contributed by atoms with Gasteiger partial charge in [0.25, 0.3) is 11.8 Å². The van der Waals surface area contributed by atoms with Crippen LogP contribution in [-0.2, 0) is 5.41 Å². The van der Waals surface area contributed by atoms with Gasteiger partial charge in [-0.25, -0.2) is 9.67 Å². The van der Waals surface area contributed by atoms with Crippen molar-refractivity contribution in [3.8, 4) is 17.3 Å². The molecule has 8 nitrogen and oxygen atoms in total. The second-order valence-corrected chi connectivity index (χ2v) is 8.13. The van der Waals surface area contributed by atoms with Gasteiger partial charge < -0.3 is 9.42 Å². The molecule has 0 saturated carbocycles. The lowest BCUT2D eigenvalue weighted by molar-refractivity contribution is 0.0792. The summed E-state index contributed by atoms with van der Waals surface area (Å²) in [6, 6.07) is 3.70. The van der Waals surface area contributed by atoms with Crippen molar-refractivity contribution in [2.45, 2.75) is 46.0 Å². The Hall–Kier alpha value is -3.03. The molecule has 3 aromatic heterocycles. The molecule has 1 aliphatic rings. The Bertz CT molecular complexity index is 991. The SMILES string of the molecule is Cc1c(C(=O)N2CCCC2)cnn1-c1ccc(-c2nc(C(C)(C)C)no2)cn1. The van der Waals surface area contributed by atoms with Gasteiger partial charge in [0.1, 0.15) is 0 Å². The van der Waals surface area contributed by atoms with Crippen LogP contribution < -0.4 is 0 Å². The van der Waals surface area contributed by atoms with E-state index in [0.717, 1.165) is 37.2 Å². The first-order valence-corrected chi connectivity index (χ1v) is 9.49. The van der Waals surface area contributed by atoms with Crippen LogP contribution in [0, 0.1) is 6.92 Å². The maximum atomic E-state index is 12.7. The molecule has 0 unspecified atom stereocenters. The van der Waals surface area contributed by atoms with Crippen LogP contribution in [0.3, 0.4) is 0 Å². The number of aromatic nitrogens is 5. The first kappa shape index (κ1) is 18.3. The molecule has 0 aromatic carbocycles. The van der Waals surface area contributed by atoms with Crippen LogP contribution in [0.1, 0.15) is 55.5 Å². The van der Waals surface area contributed by atoms with E-state index < -0.39 is 0 Å². The van der Waals surface area contributed by atoms with Crippen molar-refractivity contribution in [2.75, 3.05) is 13.1 Å². The number of hydrogen-bond donors (Lipinski definition) is 0. The number of amides is 1. The van der Waals surface area contributed by atoms with E-state index in [1.54, 1.807) is 17.1 Å². The summed E-state index contributed by atoms with van der Waals surface area (Å²) in [5.74, 6) is 1.77. The smallest absolute Gasteiger partial charge is 0.259 e. The van der Waals surface area contributed by atoms with Gasteiger partial charge >= 0.3 is 0 Å². The van der Waals surface area contributed by atoms with Crippen molar-refractivity contribution < 1.29 is 9.32 Å². The van der Waals surface area contributed by atoms with Gasteiger partial charge in [0, 0.05) is 24.7 Å². The third kappa shape index (κ3) is 3.30. The van der Waals surface area contributed by atoms with E-state index in [1.807, 2.05) is 44.7 Å². The van der Waals surface area contributed by atoms with Gasteiger partial charge in [-0.3, -0.25) is 4.79 Å². The van der Waals surface area contributed by atoms with E-state index in [-0.39, 0.29) is 11.3 Å². The lowest BCUT2D eigenvalue weighted by atomic mass is 9.96. The molecule has 0 N–H and O–H groups in total. The summed E-state index contributed by atoms with van der Waals surface area (Å²) in [7, 11) is 0. The molecular formula is C20H24N6O2. The van der Waals surface area contributed by atoms with Gasteiger partial charge in [-0.1, -0.05) is 25.9 Å². The second kappa shape index (κ2) is 6.85. The lowest BCUT2D eigenvalue weighted by Crippen LogP contribution is -2.27. The lowest BCUT2D eigenvalue weighted by Gasteiger charge is -2.14. The molecule has 0 bridgehead atoms. The van der Waals surface area contributed by atoms with Crippen molar-refractivity contribution in [1.29, 1.82) is 0 Å². The van der Waals surface area contributed by atoms with Crippen LogP contribution >= 0.6 is 0 Å². The molecular weight excluding hydrogens is 356 g/mol. The average Bonchev–Trinajstić information content (AvgIpc) is 3.41. The first-order chi connectivity index (χ1) is 13.3. The van der Waals surface area contributed by atoms with Crippen LogP contribution in [0.15, 0.2) is 29.0 Å². The first-order valence-electron chi connectivity index (χ1n) is 9.49. The summed E-state index contributed by atoms with van der Waals surface area (Å²) < 4.78 is 7.05. The third-order valence-electron chi connectivity index (χ3n) is 4.94. The molecule has 0 atom stereocenters. The van der Waals surface area contributed by atoms with E-state index in [1.165, 1.54) is 0 Å². The van der Waals surface area contributed by atoms with Gasteiger partial charge in [-0.2, -0.15) is 10.1 Å². The van der Waals surface area contributed by atoms with Gasteiger partial charge in [-0.15, -0.1) is 0 Å². The molecule has 0 spiro atoms. The van der Waals surface area contributed by atoms with Crippen LogP contribution in [-0.4, -0.2) is 48.8 Å². The number of carbonyl (C=O) groups is 1. The van der Waals surface area contributed by atoms with E-state index in [2.05, 4.69) is 20.2 Å². The third-order valence-corrected chi connectivity index (χ3v) is 4.94. The molecule has 28 heavy (non-hydrogen) atoms. The largest absolute Gasteiger partial charge is 0.339 e. The Morgan fingerprint density at radius 1 is 1.14 bits per heavy atom. The molecule has 4 rings (SSSR count). The minimum Gasteiger partial charge on any atom is -0.339 e. The monoisotopic (exact) mass is 380 g/mol. The zero-order chi connectivity index (χ0) is 19.9. The maximum absolute atomic E-state index is 12.7. The minimum absolute atomic E-state index is 0.0402. The molecule has 1 saturated heterocycles. The molecule has 0 radical (unpaired) electrons. The molecule has 0 aliphatic carbocycles. The average molecular weight is 380 g/mol. The number of hydrogen-bond acceptors (Lipinski definition) is 6. The van der Waals surface area contributed by atoms with Crippen LogP contribution in [0.2, 0.25) is 0 Å². The summed E-state index contributed by atoms with van der Waals surface area (Å²) in [5, 5.41) is 8.42. The van der Waals surface area contributed by atoms with Crippen molar-refractivity contribution in [1.82, 2.24) is 29.8 Å². The minimum atomic E-state index is -0.181. The highest BCUT2D eigenvalue weighted by atomic mass is 16.5. The van der Waals surface area contributed by atoms with Gasteiger partial charge in [0.05, 0.1) is 23.0 Å². The van der Waals surface area contributed by atoms with E-state index in [9.17, 15) is 4.79 Å². The number of likely N-dealkylation sites (tertiary alicyclic amines) is 1. The van der Waals surface area contributed by atoms with Crippen molar-refractivity contribution in [3.05, 3.63) is 41.6 Å². The molecule has 146 valence electrons. The van der Waals surface area contributed by atoms with Crippen molar-refractivity contribution >= 4 is 5.91 Å². The van der Waals surface area contributed by atoms with Gasteiger partial charge in [0.15, 0.2) is 11.6 Å². The Labute approximate surface area is 163 Å². The summed E-state index contributed by atoms with van der Waals surface area (Å²) in [5.41, 5.74) is 1.97. The maximum Gasteiger partial charge on any atom is 0.259 e. The molecule has 3 aromatic rings. The van der Waals surface area contributed by atoms with Crippen LogP contribution in [0.4, 0.5) is 0 Å². The van der Waals surface area contributed by atoms with Crippen LogP contribution in [0.25, 0.3) is 17.3 Å². The standard InChI is InChI=1S/C20H24N6O2/c1-13-15(18(27)25-9-5-6-10-25)12-22-26(13)16-8-7-14(11-21-16)17-23-19(24-28-17)20(2,3)4/h7-8,11-12H,5-6,9-10H2,1-4H3. The fourth-order valence-corrected chi connectivity index (χ4v) is 3.22. The topological polar surface area (TPSA) is 89.9 Å². The van der Waals surface area contributed by atoms with E-state index in [4.69, 9.17) is 4.52 Å². The van der Waals surface area contributed by atoms with Crippen LogP contribution in [0.5, 0.6) is 0 Å². The summed E-state index contributed by atoms with van der Waals surface area (Å²) in [6.07, 6.45) is 5.43. The fourth-order valence-electron chi connectivity index (χ4n) is 3.22. The number of nitrogens with zero attached hydrogens (tertiary/aromatic N) is 6. The predicted molar refractivity (Wildman–Crippen MR) is 103 cm³/mol. The summed E-state index contributed by atoms with van der Waals surface area (Å²) >= 11 is 0. The Kier molecular flexibility index (Phi) is 4.49. The zero-order valence-electron chi connectivity index (χ0n) is 16.6. The summed E-state index contributed by atoms with van der Waals surface area (Å²) in [4.78, 5) is 23.5. The molecule has 1 fully saturated rings. The second-order valence-electron chi connectivity index (χ2n) is 8.13. The number of rotatable bonds is 3. The van der Waals surface area contributed by atoms with Crippen molar-refractivity contribution in [3.63, 3.8) is 0 Å². The Morgan fingerprint density at radius 2 is 1.89 bits per heavy atom. The fraction of sp³-hybridized carbons (Fsp3) is 0.450. The number of carbonyl (C=O) groups excluding carboxylic acids is 1. The highest BCUT2D eigenvalue weighted by molar-refractivity contribution is 5.95. The molecule has 4 heterocycles. The van der Waals surface area contributed by atoms with E-state index in [0.29, 0.717) is 23.1 Å². The Balaban J connectivity index is 1.58. The number of pyridine rings is 1. The van der Waals surface area contributed by atoms with Crippen molar-refractivity contribution in [2.24, 2.45) is 0 Å². The van der Waals surface area contributed by atoms with E-state index >= 15 is 0 Å². The molecule has 1 amide bonds. The zero-order valence-corrected chi connectivity index (χ0v) is 16.6. The normalized spacial score (nSPS) is 14.6. The highest BCUT2D eigenvalue weighted by Crippen LogP contribution is 2.24.